The third kappa shape index (κ3) is 2.79. The van der Waals surface area contributed by atoms with Crippen molar-refractivity contribution >= 4 is 11.7 Å². The van der Waals surface area contributed by atoms with Gasteiger partial charge in [0.15, 0.2) is 0 Å². The molecule has 5 heteroatoms. The Labute approximate surface area is 107 Å². The second-order valence-electron chi connectivity index (χ2n) is 4.60. The van der Waals surface area contributed by atoms with Crippen molar-refractivity contribution in [3.8, 4) is 0 Å². The first-order chi connectivity index (χ1) is 8.74. The highest BCUT2D eigenvalue weighted by molar-refractivity contribution is 5.95. The van der Waals surface area contributed by atoms with Crippen molar-refractivity contribution in [2.75, 3.05) is 32.1 Å². The van der Waals surface area contributed by atoms with Gasteiger partial charge in [-0.25, -0.2) is 4.98 Å². The van der Waals surface area contributed by atoms with Gasteiger partial charge in [0.25, 0.3) is 5.91 Å². The Morgan fingerprint density at radius 3 is 3.22 bits per heavy atom. The van der Waals surface area contributed by atoms with E-state index in [2.05, 4.69) is 10.3 Å². The van der Waals surface area contributed by atoms with Gasteiger partial charge in [-0.05, 0) is 30.9 Å². The molecule has 0 radical (unpaired) electrons. The number of hydrogen-bond acceptors (Lipinski definition) is 4. The van der Waals surface area contributed by atoms with Gasteiger partial charge in [-0.1, -0.05) is 0 Å². The van der Waals surface area contributed by atoms with E-state index in [0.717, 1.165) is 25.9 Å². The number of rotatable bonds is 4. The van der Waals surface area contributed by atoms with E-state index < -0.39 is 0 Å². The van der Waals surface area contributed by atoms with Crippen molar-refractivity contribution in [3.63, 3.8) is 0 Å². The van der Waals surface area contributed by atoms with Gasteiger partial charge in [0.1, 0.15) is 5.82 Å². The molecule has 0 spiro atoms. The minimum Gasteiger partial charge on any atom is -0.396 e. The lowest BCUT2D eigenvalue weighted by atomic mass is 10.1. The summed E-state index contributed by atoms with van der Waals surface area (Å²) in [5.74, 6) is 1.19. The second-order valence-corrected chi connectivity index (χ2v) is 4.60. The van der Waals surface area contributed by atoms with Crippen molar-refractivity contribution in [1.82, 2.24) is 9.88 Å². The van der Waals surface area contributed by atoms with Crippen LogP contribution in [0.3, 0.4) is 0 Å². The summed E-state index contributed by atoms with van der Waals surface area (Å²) in [6, 6.07) is 3.50. The number of carbonyl (C=O) groups excluding carboxylic acids is 1. The van der Waals surface area contributed by atoms with Crippen LogP contribution in [0.2, 0.25) is 0 Å². The molecule has 1 saturated heterocycles. The normalized spacial score (nSPS) is 19.0. The summed E-state index contributed by atoms with van der Waals surface area (Å²) in [5, 5.41) is 11.8. The molecule has 1 aromatic heterocycles. The molecule has 0 aliphatic carbocycles. The number of aromatic nitrogens is 1. The third-order valence-electron chi connectivity index (χ3n) is 3.37. The zero-order valence-corrected chi connectivity index (χ0v) is 10.6. The van der Waals surface area contributed by atoms with Crippen molar-refractivity contribution in [2.45, 2.75) is 12.8 Å². The number of carbonyl (C=O) groups is 1. The molecular weight excluding hydrogens is 230 g/mol. The van der Waals surface area contributed by atoms with Crippen molar-refractivity contribution in [3.05, 3.63) is 23.9 Å². The van der Waals surface area contributed by atoms with E-state index in [-0.39, 0.29) is 12.5 Å². The van der Waals surface area contributed by atoms with Crippen molar-refractivity contribution in [1.29, 1.82) is 0 Å². The van der Waals surface area contributed by atoms with E-state index >= 15 is 0 Å². The first-order valence-corrected chi connectivity index (χ1v) is 6.28. The van der Waals surface area contributed by atoms with Crippen LogP contribution in [-0.4, -0.2) is 47.6 Å². The average molecular weight is 249 g/mol. The molecule has 5 nitrogen and oxygen atoms in total. The van der Waals surface area contributed by atoms with Gasteiger partial charge >= 0.3 is 0 Å². The molecule has 1 aromatic rings. The van der Waals surface area contributed by atoms with Crippen LogP contribution in [0.4, 0.5) is 5.82 Å². The van der Waals surface area contributed by atoms with Crippen LogP contribution >= 0.6 is 0 Å². The van der Waals surface area contributed by atoms with Gasteiger partial charge in [0, 0.05) is 38.5 Å². The van der Waals surface area contributed by atoms with Gasteiger partial charge in [0.05, 0.1) is 0 Å². The molecule has 98 valence electrons. The number of aliphatic hydroxyl groups excluding tert-OH is 1. The molecule has 1 atom stereocenters. The molecule has 1 aliphatic rings. The maximum Gasteiger partial charge on any atom is 0.254 e. The van der Waals surface area contributed by atoms with Gasteiger partial charge in [-0.2, -0.15) is 0 Å². The lowest BCUT2D eigenvalue weighted by Gasteiger charge is -2.16. The van der Waals surface area contributed by atoms with E-state index in [1.165, 1.54) is 0 Å². The molecule has 2 heterocycles. The zero-order valence-electron chi connectivity index (χ0n) is 10.6. The maximum absolute atomic E-state index is 12.3. The Bertz CT molecular complexity index is 422. The van der Waals surface area contributed by atoms with Gasteiger partial charge in [-0.3, -0.25) is 4.79 Å². The highest BCUT2D eigenvalue weighted by atomic mass is 16.3. The van der Waals surface area contributed by atoms with E-state index in [9.17, 15) is 4.79 Å². The summed E-state index contributed by atoms with van der Waals surface area (Å²) in [5.41, 5.74) is 0.666. The first-order valence-electron chi connectivity index (χ1n) is 6.28. The summed E-state index contributed by atoms with van der Waals surface area (Å²) in [7, 11) is 1.78. The van der Waals surface area contributed by atoms with Gasteiger partial charge in [0.2, 0.25) is 0 Å². The topological polar surface area (TPSA) is 65.5 Å². The number of nitrogens with zero attached hydrogens (tertiary/aromatic N) is 2. The monoisotopic (exact) mass is 249 g/mol. The van der Waals surface area contributed by atoms with Crippen LogP contribution in [0.25, 0.3) is 0 Å². The van der Waals surface area contributed by atoms with E-state index in [0.29, 0.717) is 17.3 Å². The summed E-state index contributed by atoms with van der Waals surface area (Å²) in [6.07, 6.45) is 3.40. The molecule has 0 aromatic carbocycles. The lowest BCUT2D eigenvalue weighted by molar-refractivity contribution is 0.0784. The van der Waals surface area contributed by atoms with Gasteiger partial charge in [-0.15, -0.1) is 0 Å². The number of anilines is 1. The first kappa shape index (κ1) is 12.8. The van der Waals surface area contributed by atoms with E-state index in [1.807, 2.05) is 4.90 Å². The van der Waals surface area contributed by atoms with E-state index in [4.69, 9.17) is 5.11 Å². The molecule has 0 saturated carbocycles. The molecule has 18 heavy (non-hydrogen) atoms. The van der Waals surface area contributed by atoms with Crippen LogP contribution in [-0.2, 0) is 0 Å². The number of nitrogens with one attached hydrogen (secondary N) is 1. The third-order valence-corrected chi connectivity index (χ3v) is 3.37. The van der Waals surface area contributed by atoms with Gasteiger partial charge < -0.3 is 15.3 Å². The number of hydrogen-bond donors (Lipinski definition) is 2. The summed E-state index contributed by atoms with van der Waals surface area (Å²) >= 11 is 0. The van der Waals surface area contributed by atoms with Crippen LogP contribution in [0.15, 0.2) is 18.3 Å². The van der Waals surface area contributed by atoms with Crippen LogP contribution in [0, 0.1) is 5.92 Å². The number of amides is 1. The number of pyridine rings is 1. The predicted molar refractivity (Wildman–Crippen MR) is 69.5 cm³/mol. The Morgan fingerprint density at radius 2 is 2.50 bits per heavy atom. The standard InChI is InChI=1S/C13H19N3O2/c1-14-12-8-11(2-5-15-12)13(18)16-6-3-10(9-16)4-7-17/h2,5,8,10,17H,3-4,6-7,9H2,1H3,(H,14,15). The van der Waals surface area contributed by atoms with Crippen molar-refractivity contribution < 1.29 is 9.90 Å². The molecule has 1 amide bonds. The number of likely N-dealkylation sites (tertiary alicyclic amines) is 1. The number of aliphatic hydroxyl groups is 1. The fraction of sp³-hybridized carbons (Fsp3) is 0.538. The zero-order chi connectivity index (χ0) is 13.0. The quantitative estimate of drug-likeness (QED) is 0.834. The highest BCUT2D eigenvalue weighted by Gasteiger charge is 2.26. The summed E-state index contributed by atoms with van der Waals surface area (Å²) in [4.78, 5) is 18.2. The largest absolute Gasteiger partial charge is 0.396 e. The SMILES string of the molecule is CNc1cc(C(=O)N2CCC(CCO)C2)ccn1. The highest BCUT2D eigenvalue weighted by Crippen LogP contribution is 2.21. The smallest absolute Gasteiger partial charge is 0.254 e. The molecule has 1 aliphatic heterocycles. The summed E-state index contributed by atoms with van der Waals surface area (Å²) < 4.78 is 0. The Kier molecular flexibility index (Phi) is 4.15. The molecule has 2 N–H and O–H groups in total. The Balaban J connectivity index is 2.03. The van der Waals surface area contributed by atoms with Crippen LogP contribution in [0.1, 0.15) is 23.2 Å². The molecule has 0 bridgehead atoms. The molecular formula is C13H19N3O2. The predicted octanol–water partition coefficient (Wildman–Crippen LogP) is 0.968. The minimum atomic E-state index is 0.0503. The minimum absolute atomic E-state index is 0.0503. The molecule has 2 rings (SSSR count). The lowest BCUT2D eigenvalue weighted by Crippen LogP contribution is -2.28. The van der Waals surface area contributed by atoms with Crippen molar-refractivity contribution in [2.24, 2.45) is 5.92 Å². The fourth-order valence-electron chi connectivity index (χ4n) is 2.32. The molecule has 1 unspecified atom stereocenters. The van der Waals surface area contributed by atoms with E-state index in [1.54, 1.807) is 25.4 Å². The Morgan fingerprint density at radius 1 is 1.67 bits per heavy atom. The molecule has 1 fully saturated rings. The fourth-order valence-corrected chi connectivity index (χ4v) is 2.32. The maximum atomic E-state index is 12.3. The van der Waals surface area contributed by atoms with Crippen LogP contribution < -0.4 is 5.32 Å². The average Bonchev–Trinajstić information content (AvgIpc) is 2.87. The van der Waals surface area contributed by atoms with Crippen LogP contribution in [0.5, 0.6) is 0 Å². The second kappa shape index (κ2) is 5.82. The summed E-state index contributed by atoms with van der Waals surface area (Å²) in [6.45, 7) is 1.73. The Hall–Kier alpha value is -1.62.